The number of alkyl halides is 6. The second kappa shape index (κ2) is 10.1. The van der Waals surface area contributed by atoms with Crippen LogP contribution in [0.2, 0.25) is 0 Å². The number of hydrogen-bond acceptors (Lipinski definition) is 2. The molecule has 0 spiro atoms. The number of carbonyl (C=O) groups is 2. The van der Waals surface area contributed by atoms with Gasteiger partial charge >= 0.3 is 18.4 Å². The molecule has 196 valence electrons. The number of carbonyl (C=O) groups excluding carboxylic acids is 2. The zero-order valence-corrected chi connectivity index (χ0v) is 19.8. The van der Waals surface area contributed by atoms with E-state index in [-0.39, 0.29) is 18.2 Å². The molecule has 1 aliphatic rings. The number of aldehydes is 1. The van der Waals surface area contributed by atoms with E-state index in [1.54, 1.807) is 6.92 Å². The number of halogens is 7. The first-order chi connectivity index (χ1) is 16.6. The summed E-state index contributed by atoms with van der Waals surface area (Å²) >= 11 is 0. The van der Waals surface area contributed by atoms with Crippen molar-refractivity contribution in [2.45, 2.75) is 51.1 Å². The Morgan fingerprint density at radius 3 is 2.14 bits per heavy atom. The summed E-state index contributed by atoms with van der Waals surface area (Å²) in [5.41, 5.74) is -2.24. The van der Waals surface area contributed by atoms with E-state index in [2.05, 4.69) is 0 Å². The van der Waals surface area contributed by atoms with Crippen molar-refractivity contribution in [2.24, 2.45) is 5.92 Å². The summed E-state index contributed by atoms with van der Waals surface area (Å²) < 4.78 is 93.6. The highest BCUT2D eigenvalue weighted by Gasteiger charge is 2.40. The summed E-state index contributed by atoms with van der Waals surface area (Å²) in [6.07, 6.45) is -8.40. The standard InChI is InChI=1S/C25H25F7N2O2/c1-14-9-20(26)6-7-21(14)22-16(13-35)5-4-8-34(22)23(36)33(3)15(2)17-10-18(24(27,28)29)12-19(11-17)25(30,31)32/h6-7,9-13,15-16,22H,4-5,8H2,1-3H3/t15-,16+,22-/m1/s1. The van der Waals surface area contributed by atoms with Crippen molar-refractivity contribution in [3.63, 3.8) is 0 Å². The van der Waals surface area contributed by atoms with Gasteiger partial charge in [-0.3, -0.25) is 0 Å². The van der Waals surface area contributed by atoms with Gasteiger partial charge in [0.05, 0.1) is 23.2 Å². The molecule has 11 heteroatoms. The van der Waals surface area contributed by atoms with E-state index in [1.165, 1.54) is 37.1 Å². The first-order valence-electron chi connectivity index (χ1n) is 11.2. The molecule has 2 amide bonds. The van der Waals surface area contributed by atoms with Crippen LogP contribution in [0.15, 0.2) is 36.4 Å². The van der Waals surface area contributed by atoms with Crippen molar-refractivity contribution in [3.05, 3.63) is 70.0 Å². The van der Waals surface area contributed by atoms with Gasteiger partial charge in [-0.25, -0.2) is 9.18 Å². The topological polar surface area (TPSA) is 40.6 Å². The molecule has 3 atom stereocenters. The molecule has 1 aliphatic heterocycles. The van der Waals surface area contributed by atoms with Crippen LogP contribution in [0.5, 0.6) is 0 Å². The Bertz CT molecular complexity index is 1100. The summed E-state index contributed by atoms with van der Waals surface area (Å²) in [6.45, 7) is 3.16. The number of likely N-dealkylation sites (tertiary alicyclic amines) is 1. The number of urea groups is 1. The molecule has 0 radical (unpaired) electrons. The average Bonchev–Trinajstić information content (AvgIpc) is 2.81. The number of aryl methyl sites for hydroxylation is 1. The van der Waals surface area contributed by atoms with Crippen molar-refractivity contribution in [1.29, 1.82) is 0 Å². The maximum Gasteiger partial charge on any atom is 0.416 e. The van der Waals surface area contributed by atoms with Crippen LogP contribution in [-0.4, -0.2) is 35.7 Å². The van der Waals surface area contributed by atoms with Gasteiger partial charge in [0, 0.05) is 19.5 Å². The zero-order chi connectivity index (χ0) is 27.0. The number of nitrogens with zero attached hydrogens (tertiary/aromatic N) is 2. The minimum Gasteiger partial charge on any atom is -0.321 e. The quantitative estimate of drug-likeness (QED) is 0.325. The molecule has 36 heavy (non-hydrogen) atoms. The van der Waals surface area contributed by atoms with Gasteiger partial charge in [0.2, 0.25) is 0 Å². The third-order valence-corrected chi connectivity index (χ3v) is 6.62. The number of amides is 2. The van der Waals surface area contributed by atoms with E-state index in [0.29, 0.717) is 42.4 Å². The highest BCUT2D eigenvalue weighted by molar-refractivity contribution is 5.76. The lowest BCUT2D eigenvalue weighted by Gasteiger charge is -2.43. The molecular formula is C25H25F7N2O2. The predicted octanol–water partition coefficient (Wildman–Crippen LogP) is 6.94. The summed E-state index contributed by atoms with van der Waals surface area (Å²) in [6, 6.07) is 2.57. The van der Waals surface area contributed by atoms with Gasteiger partial charge in [-0.05, 0) is 73.7 Å². The number of hydrogen-bond donors (Lipinski definition) is 0. The summed E-state index contributed by atoms with van der Waals surface area (Å²) in [5.74, 6) is -1.11. The van der Waals surface area contributed by atoms with E-state index in [1.807, 2.05) is 0 Å². The van der Waals surface area contributed by atoms with Crippen LogP contribution in [0.4, 0.5) is 35.5 Å². The largest absolute Gasteiger partial charge is 0.416 e. The summed E-state index contributed by atoms with van der Waals surface area (Å²) in [4.78, 5) is 27.8. The molecule has 2 aromatic carbocycles. The van der Waals surface area contributed by atoms with Gasteiger partial charge in [-0.1, -0.05) is 6.07 Å². The number of piperidine rings is 1. The van der Waals surface area contributed by atoms with Gasteiger partial charge < -0.3 is 14.6 Å². The van der Waals surface area contributed by atoms with Crippen molar-refractivity contribution in [2.75, 3.05) is 13.6 Å². The van der Waals surface area contributed by atoms with Gasteiger partial charge in [-0.2, -0.15) is 26.3 Å². The average molecular weight is 518 g/mol. The van der Waals surface area contributed by atoms with Crippen molar-refractivity contribution < 1.29 is 40.3 Å². The monoisotopic (exact) mass is 518 g/mol. The zero-order valence-electron chi connectivity index (χ0n) is 19.8. The van der Waals surface area contributed by atoms with Crippen LogP contribution < -0.4 is 0 Å². The molecule has 0 unspecified atom stereocenters. The SMILES string of the molecule is Cc1cc(F)ccc1[C@H]1[C@H](C=O)CCCN1C(=O)N(C)[C@H](C)c1cc(C(F)(F)F)cc(C(F)(F)F)c1. The normalized spacial score (nSPS) is 19.7. The molecule has 3 rings (SSSR count). The molecule has 0 bridgehead atoms. The Labute approximate surface area is 203 Å². The first-order valence-corrected chi connectivity index (χ1v) is 11.2. The minimum absolute atomic E-state index is 0.0324. The molecule has 0 N–H and O–H groups in total. The molecule has 4 nitrogen and oxygen atoms in total. The number of benzene rings is 2. The fourth-order valence-electron chi connectivity index (χ4n) is 4.56. The molecule has 1 heterocycles. The second-order valence-corrected chi connectivity index (χ2v) is 8.99. The smallest absolute Gasteiger partial charge is 0.321 e. The molecule has 2 aromatic rings. The Hall–Kier alpha value is -3.11. The molecule has 0 saturated carbocycles. The van der Waals surface area contributed by atoms with Gasteiger partial charge in [0.1, 0.15) is 12.1 Å². The summed E-state index contributed by atoms with van der Waals surface area (Å²) in [7, 11) is 1.28. The van der Waals surface area contributed by atoms with Crippen LogP contribution in [0, 0.1) is 18.7 Å². The Balaban J connectivity index is 2.00. The molecular weight excluding hydrogens is 493 g/mol. The number of rotatable bonds is 4. The Morgan fingerprint density at radius 1 is 1.06 bits per heavy atom. The highest BCUT2D eigenvalue weighted by Crippen LogP contribution is 2.40. The lowest BCUT2D eigenvalue weighted by molar-refractivity contribution is -0.143. The van der Waals surface area contributed by atoms with Crippen LogP contribution in [-0.2, 0) is 17.1 Å². The second-order valence-electron chi connectivity index (χ2n) is 8.99. The Morgan fingerprint density at radius 2 is 1.64 bits per heavy atom. The Kier molecular flexibility index (Phi) is 7.71. The fourth-order valence-corrected chi connectivity index (χ4v) is 4.56. The third kappa shape index (κ3) is 5.65. The maximum atomic E-state index is 13.7. The van der Waals surface area contributed by atoms with Gasteiger partial charge in [0.15, 0.2) is 0 Å². The minimum atomic E-state index is -5.02. The van der Waals surface area contributed by atoms with Crippen LogP contribution in [0.1, 0.15) is 59.7 Å². The highest BCUT2D eigenvalue weighted by atomic mass is 19.4. The van der Waals surface area contributed by atoms with E-state index in [9.17, 15) is 40.3 Å². The molecule has 0 aromatic heterocycles. The van der Waals surface area contributed by atoms with Crippen LogP contribution in [0.25, 0.3) is 0 Å². The lowest BCUT2D eigenvalue weighted by Crippen LogP contribution is -2.49. The molecule has 1 saturated heterocycles. The maximum absolute atomic E-state index is 13.7. The predicted molar refractivity (Wildman–Crippen MR) is 117 cm³/mol. The van der Waals surface area contributed by atoms with Crippen molar-refractivity contribution in [1.82, 2.24) is 9.80 Å². The third-order valence-electron chi connectivity index (χ3n) is 6.62. The summed E-state index contributed by atoms with van der Waals surface area (Å²) in [5, 5.41) is 0. The molecule has 1 fully saturated rings. The van der Waals surface area contributed by atoms with E-state index in [4.69, 9.17) is 0 Å². The van der Waals surface area contributed by atoms with Crippen LogP contribution in [0.3, 0.4) is 0 Å². The first kappa shape index (κ1) is 27.5. The van der Waals surface area contributed by atoms with Crippen molar-refractivity contribution in [3.8, 4) is 0 Å². The van der Waals surface area contributed by atoms with Gasteiger partial charge in [0.25, 0.3) is 0 Å². The molecule has 0 aliphatic carbocycles. The van der Waals surface area contributed by atoms with E-state index >= 15 is 0 Å². The van der Waals surface area contributed by atoms with Crippen molar-refractivity contribution >= 4 is 12.3 Å². The van der Waals surface area contributed by atoms with E-state index in [0.717, 1.165) is 4.90 Å². The van der Waals surface area contributed by atoms with Crippen LogP contribution >= 0.6 is 0 Å². The van der Waals surface area contributed by atoms with E-state index < -0.39 is 53.3 Å². The fraction of sp³-hybridized carbons (Fsp3) is 0.440. The van der Waals surface area contributed by atoms with Gasteiger partial charge in [-0.15, -0.1) is 0 Å². The lowest BCUT2D eigenvalue weighted by atomic mass is 9.84.